The summed E-state index contributed by atoms with van der Waals surface area (Å²) in [6.45, 7) is 1.17. The fourth-order valence-corrected chi connectivity index (χ4v) is 4.73. The van der Waals surface area contributed by atoms with E-state index in [9.17, 15) is 22.8 Å². The van der Waals surface area contributed by atoms with Gasteiger partial charge >= 0.3 is 18.2 Å². The van der Waals surface area contributed by atoms with E-state index in [0.29, 0.717) is 22.7 Å². The predicted octanol–water partition coefficient (Wildman–Crippen LogP) is 4.76. The van der Waals surface area contributed by atoms with Crippen LogP contribution in [0.15, 0.2) is 59.3 Å². The van der Waals surface area contributed by atoms with Gasteiger partial charge in [-0.3, -0.25) is 4.79 Å². The summed E-state index contributed by atoms with van der Waals surface area (Å²) in [4.78, 5) is 37.9. The smallest absolute Gasteiger partial charge is 0.435 e. The highest BCUT2D eigenvalue weighted by molar-refractivity contribution is 6.06. The zero-order valence-corrected chi connectivity index (χ0v) is 22.5. The van der Waals surface area contributed by atoms with Gasteiger partial charge < -0.3 is 23.9 Å². The van der Waals surface area contributed by atoms with Crippen LogP contribution in [0.25, 0.3) is 16.8 Å². The molecule has 0 saturated carbocycles. The van der Waals surface area contributed by atoms with E-state index in [1.165, 1.54) is 29.2 Å². The molecule has 4 heterocycles. The first-order valence-corrected chi connectivity index (χ1v) is 12.7. The number of benzene rings is 2. The Labute approximate surface area is 240 Å². The molecule has 0 fully saturated rings. The number of carbonyl (C=O) groups is 2. The van der Waals surface area contributed by atoms with Gasteiger partial charge in [0.05, 0.1) is 30.2 Å². The van der Waals surface area contributed by atoms with Crippen LogP contribution in [0.3, 0.4) is 0 Å². The molecule has 1 atom stereocenters. The second-order valence-electron chi connectivity index (χ2n) is 9.60. The Bertz CT molecular complexity index is 1870. The highest BCUT2D eigenvalue weighted by atomic mass is 19.4. The van der Waals surface area contributed by atoms with Crippen molar-refractivity contribution >= 4 is 28.7 Å². The number of alkyl halides is 3. The number of nitrogens with zero attached hydrogens (tertiary/aromatic N) is 6. The normalized spacial score (nSPS) is 14.9. The molecule has 1 aliphatic heterocycles. The van der Waals surface area contributed by atoms with E-state index in [1.807, 2.05) is 0 Å². The molecule has 1 amide bonds. The SMILES string of the molecule is Cc1nc2ccc(N(C)C(=O)c3cccc(-n4nc(C(F)(F)F)c5c4C(Oc4ncc(C(=O)O)cn4)COC5)c3)cc2o1. The van der Waals surface area contributed by atoms with Gasteiger partial charge in [-0.2, -0.15) is 18.3 Å². The Kier molecular flexibility index (Phi) is 6.80. The minimum absolute atomic E-state index is 0.0357. The number of aromatic nitrogens is 5. The molecule has 43 heavy (non-hydrogen) atoms. The van der Waals surface area contributed by atoms with Crippen LogP contribution in [0.1, 0.15) is 49.7 Å². The Balaban J connectivity index is 1.37. The molecule has 0 spiro atoms. The number of fused-ring (bicyclic) bond motifs is 2. The third-order valence-electron chi connectivity index (χ3n) is 6.74. The third-order valence-corrected chi connectivity index (χ3v) is 6.74. The molecule has 220 valence electrons. The van der Waals surface area contributed by atoms with Crippen molar-refractivity contribution in [1.29, 1.82) is 0 Å². The first-order valence-electron chi connectivity index (χ1n) is 12.7. The average Bonchev–Trinajstić information content (AvgIpc) is 3.57. The van der Waals surface area contributed by atoms with Gasteiger partial charge in [0, 0.05) is 49.2 Å². The van der Waals surface area contributed by atoms with Crippen molar-refractivity contribution in [2.24, 2.45) is 0 Å². The molecule has 1 unspecified atom stereocenters. The van der Waals surface area contributed by atoms with Crippen LogP contribution in [0, 0.1) is 6.92 Å². The zero-order valence-electron chi connectivity index (χ0n) is 22.5. The van der Waals surface area contributed by atoms with Crippen molar-refractivity contribution in [2.45, 2.75) is 25.8 Å². The van der Waals surface area contributed by atoms with Crippen LogP contribution in [-0.4, -0.2) is 55.4 Å². The number of hydrogen-bond donors (Lipinski definition) is 1. The Morgan fingerprint density at radius 3 is 2.60 bits per heavy atom. The molecule has 1 aliphatic rings. The van der Waals surface area contributed by atoms with Crippen molar-refractivity contribution in [3.63, 3.8) is 0 Å². The lowest BCUT2D eigenvalue weighted by molar-refractivity contribution is -0.143. The van der Waals surface area contributed by atoms with E-state index in [-0.39, 0.29) is 47.3 Å². The quantitative estimate of drug-likeness (QED) is 0.292. The van der Waals surface area contributed by atoms with E-state index in [4.69, 9.17) is 19.0 Å². The highest BCUT2D eigenvalue weighted by Crippen LogP contribution is 2.39. The fourth-order valence-electron chi connectivity index (χ4n) is 4.73. The number of carboxylic acid groups (broad SMARTS) is 1. The monoisotopic (exact) mass is 594 g/mol. The molecule has 2 aromatic carbocycles. The van der Waals surface area contributed by atoms with Crippen molar-refractivity contribution in [3.8, 4) is 11.7 Å². The van der Waals surface area contributed by atoms with Crippen LogP contribution in [0.4, 0.5) is 18.9 Å². The Morgan fingerprint density at radius 1 is 1.12 bits per heavy atom. The lowest BCUT2D eigenvalue weighted by atomic mass is 10.1. The van der Waals surface area contributed by atoms with Gasteiger partial charge in [0.25, 0.3) is 5.91 Å². The molecule has 0 aliphatic carbocycles. The van der Waals surface area contributed by atoms with Crippen molar-refractivity contribution in [2.75, 3.05) is 18.6 Å². The van der Waals surface area contributed by atoms with Crippen LogP contribution >= 0.6 is 0 Å². The maximum absolute atomic E-state index is 14.1. The van der Waals surface area contributed by atoms with Crippen LogP contribution < -0.4 is 9.64 Å². The largest absolute Gasteiger partial charge is 0.478 e. The maximum atomic E-state index is 14.1. The molecule has 6 rings (SSSR count). The van der Waals surface area contributed by atoms with Gasteiger partial charge in [-0.15, -0.1) is 0 Å². The number of hydrogen-bond acceptors (Lipinski definition) is 9. The first kappa shape index (κ1) is 27.8. The van der Waals surface area contributed by atoms with E-state index in [1.54, 1.807) is 32.2 Å². The van der Waals surface area contributed by atoms with E-state index >= 15 is 0 Å². The maximum Gasteiger partial charge on any atom is 0.435 e. The standard InChI is InChI=1S/C28H21F3N6O6/c1-14-34-20-7-6-17(9-21(20)42-14)36(2)25(38)15-4-3-5-18(8-15)37-23-19(24(35-37)28(29,30)31)12-41-13-22(23)43-27-32-10-16(11-33-27)26(39)40/h3-11,22H,12-13H2,1-2H3,(H,39,40). The highest BCUT2D eigenvalue weighted by Gasteiger charge is 2.43. The summed E-state index contributed by atoms with van der Waals surface area (Å²) in [6.07, 6.45) is -3.92. The molecule has 12 nitrogen and oxygen atoms in total. The fraction of sp³-hybridized carbons (Fsp3) is 0.214. The number of ether oxygens (including phenoxy) is 2. The number of oxazole rings is 1. The summed E-state index contributed by atoms with van der Waals surface area (Å²) in [5, 5.41) is 13.0. The number of anilines is 1. The number of amides is 1. The molecule has 1 N–H and O–H groups in total. The number of halogens is 3. The van der Waals surface area contributed by atoms with Gasteiger partial charge in [0.15, 0.2) is 23.3 Å². The zero-order chi connectivity index (χ0) is 30.5. The second kappa shape index (κ2) is 10.5. The van der Waals surface area contributed by atoms with E-state index in [0.717, 1.165) is 17.1 Å². The van der Waals surface area contributed by atoms with Crippen molar-refractivity contribution in [3.05, 3.63) is 88.8 Å². The summed E-state index contributed by atoms with van der Waals surface area (Å²) in [6, 6.07) is 10.8. The van der Waals surface area contributed by atoms with Crippen molar-refractivity contribution in [1.82, 2.24) is 24.7 Å². The molecule has 0 radical (unpaired) electrons. The average molecular weight is 595 g/mol. The van der Waals surface area contributed by atoms with Gasteiger partial charge in [-0.25, -0.2) is 24.4 Å². The van der Waals surface area contributed by atoms with Crippen molar-refractivity contribution < 1.29 is 41.8 Å². The molecule has 0 saturated heterocycles. The third kappa shape index (κ3) is 5.25. The molecular formula is C28H21F3N6O6. The first-order chi connectivity index (χ1) is 20.5. The number of rotatable bonds is 6. The minimum Gasteiger partial charge on any atom is -0.478 e. The van der Waals surface area contributed by atoms with Gasteiger partial charge in [-0.1, -0.05) is 6.07 Å². The topological polar surface area (TPSA) is 146 Å². The van der Waals surface area contributed by atoms with Gasteiger partial charge in [0.2, 0.25) is 0 Å². The summed E-state index contributed by atoms with van der Waals surface area (Å²) in [7, 11) is 1.56. The second-order valence-corrected chi connectivity index (χ2v) is 9.60. The number of aryl methyl sites for hydroxylation is 1. The minimum atomic E-state index is -4.81. The number of aromatic carboxylic acids is 1. The van der Waals surface area contributed by atoms with Crippen LogP contribution in [0.5, 0.6) is 6.01 Å². The van der Waals surface area contributed by atoms with Crippen LogP contribution in [0.2, 0.25) is 0 Å². The summed E-state index contributed by atoms with van der Waals surface area (Å²) in [5.74, 6) is -1.21. The lowest BCUT2D eigenvalue weighted by Gasteiger charge is -2.25. The molecule has 15 heteroatoms. The molecule has 0 bridgehead atoms. The van der Waals surface area contributed by atoms with E-state index < -0.39 is 29.9 Å². The predicted molar refractivity (Wildman–Crippen MR) is 142 cm³/mol. The Morgan fingerprint density at radius 2 is 1.88 bits per heavy atom. The van der Waals surface area contributed by atoms with Gasteiger partial charge in [-0.05, 0) is 30.3 Å². The van der Waals surface area contributed by atoms with Crippen LogP contribution in [-0.2, 0) is 17.5 Å². The molecule has 3 aromatic heterocycles. The van der Waals surface area contributed by atoms with E-state index in [2.05, 4.69) is 20.1 Å². The number of carbonyl (C=O) groups excluding carboxylic acids is 1. The molecule has 5 aromatic rings. The summed E-state index contributed by atoms with van der Waals surface area (Å²) in [5.41, 5.74) is 0.451. The summed E-state index contributed by atoms with van der Waals surface area (Å²) >= 11 is 0. The van der Waals surface area contributed by atoms with Gasteiger partial charge in [0.1, 0.15) is 5.52 Å². The summed E-state index contributed by atoms with van der Waals surface area (Å²) < 4.78 is 60.0. The Hall–Kier alpha value is -5.31. The molecular weight excluding hydrogens is 573 g/mol. The number of carboxylic acids is 1. The lowest BCUT2D eigenvalue weighted by Crippen LogP contribution is -2.27.